The van der Waals surface area contributed by atoms with Crippen molar-refractivity contribution in [2.75, 3.05) is 7.11 Å². The third-order valence-corrected chi connectivity index (χ3v) is 4.11. The van der Waals surface area contributed by atoms with Crippen LogP contribution < -0.4 is 4.74 Å². The van der Waals surface area contributed by atoms with Crippen molar-refractivity contribution in [1.29, 1.82) is 0 Å². The predicted molar refractivity (Wildman–Crippen MR) is 89.1 cm³/mol. The quantitative estimate of drug-likeness (QED) is 0.677. The summed E-state index contributed by atoms with van der Waals surface area (Å²) in [6.45, 7) is 18.1. The fourth-order valence-electron chi connectivity index (χ4n) is 2.51. The molecule has 0 aliphatic rings. The van der Waals surface area contributed by atoms with E-state index in [0.717, 1.165) is 5.75 Å². The number of ether oxygens (including phenoxy) is 1. The Morgan fingerprint density at radius 3 is 1.60 bits per heavy atom. The summed E-state index contributed by atoms with van der Waals surface area (Å²) in [7, 11) is 1.79. The van der Waals surface area contributed by atoms with Gasteiger partial charge in [0, 0.05) is 11.1 Å². The molecule has 1 aromatic carbocycles. The highest BCUT2D eigenvalue weighted by atomic mass is 16.5. The molecular formula is C19H32O. The van der Waals surface area contributed by atoms with Crippen LogP contribution in [0.5, 0.6) is 5.75 Å². The van der Waals surface area contributed by atoms with Gasteiger partial charge in [-0.3, -0.25) is 0 Å². The molecule has 0 bridgehead atoms. The van der Waals surface area contributed by atoms with Crippen LogP contribution in [0.4, 0.5) is 0 Å². The van der Waals surface area contributed by atoms with E-state index in [-0.39, 0.29) is 10.8 Å². The Balaban J connectivity index is 3.65. The van der Waals surface area contributed by atoms with Gasteiger partial charge in [0.25, 0.3) is 0 Å². The van der Waals surface area contributed by atoms with Gasteiger partial charge in [0.1, 0.15) is 5.75 Å². The van der Waals surface area contributed by atoms with Crippen LogP contribution in [0.25, 0.3) is 0 Å². The fraction of sp³-hybridized carbons (Fsp3) is 0.684. The van der Waals surface area contributed by atoms with Crippen LogP contribution in [0.15, 0.2) is 12.1 Å². The van der Waals surface area contributed by atoms with Gasteiger partial charge < -0.3 is 4.74 Å². The Morgan fingerprint density at radius 1 is 0.950 bits per heavy atom. The van der Waals surface area contributed by atoms with E-state index in [1.165, 1.54) is 23.1 Å². The van der Waals surface area contributed by atoms with Crippen molar-refractivity contribution in [3.05, 3.63) is 28.8 Å². The number of methoxy groups -OCH3 is 1. The van der Waals surface area contributed by atoms with E-state index in [0.29, 0.717) is 5.92 Å². The van der Waals surface area contributed by atoms with E-state index in [1.54, 1.807) is 7.11 Å². The first-order chi connectivity index (χ1) is 9.02. The van der Waals surface area contributed by atoms with Crippen LogP contribution >= 0.6 is 0 Å². The predicted octanol–water partition coefficient (Wildman–Crippen LogP) is 5.80. The average Bonchev–Trinajstić information content (AvgIpc) is 2.33. The molecule has 0 N–H and O–H groups in total. The third-order valence-electron chi connectivity index (χ3n) is 4.11. The highest BCUT2D eigenvalue weighted by Gasteiger charge is 2.28. The highest BCUT2D eigenvalue weighted by Crippen LogP contribution is 2.42. The summed E-state index contributed by atoms with van der Waals surface area (Å²) in [6.07, 6.45) is 1.17. The van der Waals surface area contributed by atoms with Crippen LogP contribution in [-0.4, -0.2) is 7.11 Å². The maximum absolute atomic E-state index is 5.80. The van der Waals surface area contributed by atoms with Crippen molar-refractivity contribution in [3.8, 4) is 5.75 Å². The van der Waals surface area contributed by atoms with E-state index in [1.807, 2.05) is 0 Å². The minimum absolute atomic E-state index is 0.0921. The zero-order valence-corrected chi connectivity index (χ0v) is 14.8. The summed E-state index contributed by atoms with van der Waals surface area (Å²) >= 11 is 0. The largest absolute Gasteiger partial charge is 0.496 e. The SMILES string of the molecule is CCC(C)c1cc(C(C)(C)C)c(OC)c(C(C)(C)C)c1. The number of hydrogen-bond acceptors (Lipinski definition) is 1. The van der Waals surface area contributed by atoms with Crippen LogP contribution in [-0.2, 0) is 10.8 Å². The summed E-state index contributed by atoms with van der Waals surface area (Å²) < 4.78 is 5.80. The minimum Gasteiger partial charge on any atom is -0.496 e. The molecule has 0 heterocycles. The van der Waals surface area contributed by atoms with Crippen molar-refractivity contribution >= 4 is 0 Å². The lowest BCUT2D eigenvalue weighted by Gasteiger charge is -2.30. The Morgan fingerprint density at radius 2 is 1.35 bits per heavy atom. The van der Waals surface area contributed by atoms with Gasteiger partial charge in [-0.25, -0.2) is 0 Å². The van der Waals surface area contributed by atoms with Crippen LogP contribution in [0.3, 0.4) is 0 Å². The molecule has 0 spiro atoms. The summed E-state index contributed by atoms with van der Waals surface area (Å²) in [5, 5.41) is 0. The zero-order chi connectivity index (χ0) is 15.7. The van der Waals surface area contributed by atoms with Gasteiger partial charge in [0.2, 0.25) is 0 Å². The molecule has 20 heavy (non-hydrogen) atoms. The first kappa shape index (κ1) is 17.1. The van der Waals surface area contributed by atoms with E-state index in [9.17, 15) is 0 Å². The first-order valence-corrected chi connectivity index (χ1v) is 7.75. The van der Waals surface area contributed by atoms with Gasteiger partial charge >= 0.3 is 0 Å². The molecule has 0 saturated carbocycles. The second kappa shape index (κ2) is 5.79. The molecule has 1 unspecified atom stereocenters. The molecule has 1 heteroatoms. The molecule has 0 amide bonds. The summed E-state index contributed by atoms with van der Waals surface area (Å²) in [5.41, 5.74) is 4.26. The zero-order valence-electron chi connectivity index (χ0n) is 14.8. The molecule has 0 aliphatic carbocycles. The minimum atomic E-state index is 0.0921. The van der Waals surface area contributed by atoms with Crippen molar-refractivity contribution < 1.29 is 4.74 Å². The third kappa shape index (κ3) is 3.56. The first-order valence-electron chi connectivity index (χ1n) is 7.75. The van der Waals surface area contributed by atoms with Crippen molar-refractivity contribution in [2.24, 2.45) is 0 Å². The fourth-order valence-corrected chi connectivity index (χ4v) is 2.51. The van der Waals surface area contributed by atoms with Crippen LogP contribution in [0, 0.1) is 0 Å². The standard InChI is InChI=1S/C19H32O/c1-10-13(2)14-11-15(18(3,4)5)17(20-9)16(12-14)19(6,7)8/h11-13H,10H2,1-9H3. The van der Waals surface area contributed by atoms with Gasteiger partial charge in [0.15, 0.2) is 0 Å². The van der Waals surface area contributed by atoms with Gasteiger partial charge in [-0.15, -0.1) is 0 Å². The van der Waals surface area contributed by atoms with E-state index >= 15 is 0 Å². The number of hydrogen-bond donors (Lipinski definition) is 0. The Labute approximate surface area is 125 Å². The molecule has 1 nitrogen and oxygen atoms in total. The second-order valence-electron chi connectivity index (χ2n) is 7.96. The molecule has 1 aromatic rings. The maximum Gasteiger partial charge on any atom is 0.126 e. The molecule has 0 aliphatic heterocycles. The topological polar surface area (TPSA) is 9.23 Å². The molecular weight excluding hydrogens is 244 g/mol. The van der Waals surface area contributed by atoms with E-state index in [2.05, 4.69) is 67.5 Å². The van der Waals surface area contributed by atoms with E-state index in [4.69, 9.17) is 4.74 Å². The molecule has 1 atom stereocenters. The van der Waals surface area contributed by atoms with Crippen molar-refractivity contribution in [3.63, 3.8) is 0 Å². The molecule has 0 fully saturated rings. The smallest absolute Gasteiger partial charge is 0.126 e. The lowest BCUT2D eigenvalue weighted by molar-refractivity contribution is 0.381. The molecule has 0 saturated heterocycles. The van der Waals surface area contributed by atoms with Gasteiger partial charge in [-0.1, -0.05) is 67.5 Å². The van der Waals surface area contributed by atoms with Gasteiger partial charge in [-0.05, 0) is 28.7 Å². The van der Waals surface area contributed by atoms with Gasteiger partial charge in [-0.2, -0.15) is 0 Å². The molecule has 1 rings (SSSR count). The summed E-state index contributed by atoms with van der Waals surface area (Å²) in [6, 6.07) is 4.70. The van der Waals surface area contributed by atoms with Crippen molar-refractivity contribution in [2.45, 2.75) is 78.6 Å². The summed E-state index contributed by atoms with van der Waals surface area (Å²) in [5.74, 6) is 1.65. The average molecular weight is 276 g/mol. The number of benzene rings is 1. The summed E-state index contributed by atoms with van der Waals surface area (Å²) in [4.78, 5) is 0. The van der Waals surface area contributed by atoms with E-state index < -0.39 is 0 Å². The molecule has 0 aromatic heterocycles. The monoisotopic (exact) mass is 276 g/mol. The Kier molecular flexibility index (Phi) is 4.94. The number of rotatable bonds is 3. The van der Waals surface area contributed by atoms with Gasteiger partial charge in [0.05, 0.1) is 7.11 Å². The lowest BCUT2D eigenvalue weighted by Crippen LogP contribution is -2.20. The van der Waals surface area contributed by atoms with Crippen LogP contribution in [0.1, 0.15) is 84.4 Å². The maximum atomic E-state index is 5.80. The van der Waals surface area contributed by atoms with Crippen molar-refractivity contribution in [1.82, 2.24) is 0 Å². The second-order valence-corrected chi connectivity index (χ2v) is 7.96. The lowest BCUT2D eigenvalue weighted by atomic mass is 9.77. The Hall–Kier alpha value is -0.980. The molecule has 0 radical (unpaired) electrons. The normalized spacial score (nSPS) is 14.2. The van der Waals surface area contributed by atoms with Crippen LogP contribution in [0.2, 0.25) is 0 Å². The molecule has 114 valence electrons. The highest BCUT2D eigenvalue weighted by molar-refractivity contribution is 5.51. The Bertz CT molecular complexity index is 423.